The summed E-state index contributed by atoms with van der Waals surface area (Å²) in [6, 6.07) is 14.5. The molecule has 1 aliphatic heterocycles. The van der Waals surface area contributed by atoms with Crippen LogP contribution >= 0.6 is 0 Å². The maximum atomic E-state index is 13.8. The summed E-state index contributed by atoms with van der Waals surface area (Å²) < 4.78 is 13.8. The Labute approximate surface area is 180 Å². The van der Waals surface area contributed by atoms with Crippen molar-refractivity contribution in [2.24, 2.45) is 0 Å². The van der Waals surface area contributed by atoms with E-state index in [1.165, 1.54) is 17.7 Å². The topological polar surface area (TPSA) is 62.3 Å². The molecule has 1 atom stereocenters. The van der Waals surface area contributed by atoms with Gasteiger partial charge in [-0.15, -0.1) is 0 Å². The summed E-state index contributed by atoms with van der Waals surface area (Å²) >= 11 is 0. The van der Waals surface area contributed by atoms with Gasteiger partial charge in [0.2, 0.25) is 0 Å². The average Bonchev–Trinajstić information content (AvgIpc) is 3.21. The van der Waals surface area contributed by atoms with Gasteiger partial charge in [0.15, 0.2) is 0 Å². The number of benzene rings is 2. The van der Waals surface area contributed by atoms with Gasteiger partial charge < -0.3 is 10.2 Å². The van der Waals surface area contributed by atoms with Crippen LogP contribution in [0.25, 0.3) is 10.9 Å². The number of rotatable bonds is 2. The van der Waals surface area contributed by atoms with Crippen molar-refractivity contribution >= 4 is 22.7 Å². The molecular weight excluding hydrogens is 393 g/mol. The van der Waals surface area contributed by atoms with Gasteiger partial charge in [-0.3, -0.25) is 14.6 Å². The summed E-state index contributed by atoms with van der Waals surface area (Å²) in [6.45, 7) is 1.02. The van der Waals surface area contributed by atoms with Crippen LogP contribution in [0.1, 0.15) is 47.9 Å². The molecule has 0 spiro atoms. The highest BCUT2D eigenvalue weighted by atomic mass is 19.1. The number of carbonyl (C=O) groups is 2. The van der Waals surface area contributed by atoms with E-state index in [-0.39, 0.29) is 17.8 Å². The number of amides is 2. The van der Waals surface area contributed by atoms with Crippen LogP contribution in [0.4, 0.5) is 4.39 Å². The Hall–Kier alpha value is -3.28. The number of hydrogen-bond donors (Lipinski definition) is 1. The van der Waals surface area contributed by atoms with E-state index in [9.17, 15) is 14.0 Å². The third kappa shape index (κ3) is 3.78. The molecule has 2 amide bonds. The summed E-state index contributed by atoms with van der Waals surface area (Å²) in [4.78, 5) is 31.3. The Morgan fingerprint density at radius 1 is 1.00 bits per heavy atom. The zero-order valence-corrected chi connectivity index (χ0v) is 17.2. The highest BCUT2D eigenvalue weighted by Crippen LogP contribution is 2.33. The van der Waals surface area contributed by atoms with Crippen LogP contribution in [0.15, 0.2) is 54.7 Å². The number of pyridine rings is 1. The molecule has 1 N–H and O–H groups in total. The first-order valence-electron chi connectivity index (χ1n) is 10.8. The quantitative estimate of drug-likeness (QED) is 0.644. The maximum absolute atomic E-state index is 13.8. The number of nitrogens with zero attached hydrogens (tertiary/aromatic N) is 2. The van der Waals surface area contributed by atoms with Gasteiger partial charge in [0.05, 0.1) is 11.6 Å². The third-order valence-electron chi connectivity index (χ3n) is 6.59. The minimum atomic E-state index is -0.531. The Morgan fingerprint density at radius 2 is 1.81 bits per heavy atom. The fraction of sp³-hybridized carbons (Fsp3) is 0.320. The van der Waals surface area contributed by atoms with Crippen LogP contribution in [-0.2, 0) is 16.0 Å². The van der Waals surface area contributed by atoms with E-state index in [0.717, 1.165) is 47.7 Å². The number of halogens is 1. The molecule has 1 aliphatic carbocycles. The van der Waals surface area contributed by atoms with E-state index >= 15 is 0 Å². The van der Waals surface area contributed by atoms with Gasteiger partial charge in [0, 0.05) is 24.7 Å². The lowest BCUT2D eigenvalue weighted by molar-refractivity contribution is -0.147. The number of aromatic nitrogens is 1. The van der Waals surface area contributed by atoms with E-state index in [4.69, 9.17) is 0 Å². The van der Waals surface area contributed by atoms with Crippen molar-refractivity contribution in [2.45, 2.75) is 37.6 Å². The number of fused-ring (bicyclic) bond motifs is 2. The zero-order chi connectivity index (χ0) is 21.4. The number of aryl methyl sites for hydroxylation is 1. The second-order valence-electron chi connectivity index (χ2n) is 8.39. The molecular formula is C25H24FN3O2. The lowest BCUT2D eigenvalue weighted by Crippen LogP contribution is -2.46. The van der Waals surface area contributed by atoms with E-state index < -0.39 is 11.8 Å². The average molecular weight is 417 g/mol. The molecule has 3 aromatic rings. The molecule has 2 aliphatic rings. The monoisotopic (exact) mass is 417 g/mol. The van der Waals surface area contributed by atoms with Crippen molar-refractivity contribution in [3.63, 3.8) is 0 Å². The van der Waals surface area contributed by atoms with Crippen molar-refractivity contribution in [3.05, 3.63) is 77.2 Å². The molecule has 2 heterocycles. The van der Waals surface area contributed by atoms with E-state index in [1.54, 1.807) is 17.2 Å². The van der Waals surface area contributed by atoms with Gasteiger partial charge in [0.25, 0.3) is 0 Å². The summed E-state index contributed by atoms with van der Waals surface area (Å²) in [6.07, 6.45) is 4.97. The van der Waals surface area contributed by atoms with E-state index in [2.05, 4.69) is 16.4 Å². The molecule has 0 radical (unpaired) electrons. The molecule has 0 saturated carbocycles. The SMILES string of the molecule is O=C(N[C@H]1CCc2ccccc21)C(=O)N1CCC(c2ccnc3ccc(F)cc23)CC1. The van der Waals surface area contributed by atoms with Crippen molar-refractivity contribution in [2.75, 3.05) is 13.1 Å². The van der Waals surface area contributed by atoms with E-state index in [1.807, 2.05) is 24.3 Å². The van der Waals surface area contributed by atoms with Crippen LogP contribution in [0.5, 0.6) is 0 Å². The van der Waals surface area contributed by atoms with Gasteiger partial charge >= 0.3 is 11.8 Å². The summed E-state index contributed by atoms with van der Waals surface area (Å²) in [5, 5.41) is 3.75. The van der Waals surface area contributed by atoms with Crippen molar-refractivity contribution in [1.29, 1.82) is 0 Å². The second-order valence-corrected chi connectivity index (χ2v) is 8.39. The smallest absolute Gasteiger partial charge is 0.311 e. The van der Waals surface area contributed by atoms with Gasteiger partial charge in [-0.05, 0) is 72.6 Å². The first-order chi connectivity index (χ1) is 15.1. The van der Waals surface area contributed by atoms with Gasteiger partial charge in [-0.25, -0.2) is 4.39 Å². The molecule has 158 valence electrons. The van der Waals surface area contributed by atoms with Gasteiger partial charge in [-0.1, -0.05) is 24.3 Å². The number of likely N-dealkylation sites (tertiary alicyclic amines) is 1. The normalized spacial score (nSPS) is 18.7. The van der Waals surface area contributed by atoms with E-state index in [0.29, 0.717) is 13.1 Å². The highest BCUT2D eigenvalue weighted by molar-refractivity contribution is 6.35. The Kier molecular flexibility index (Phi) is 5.14. The van der Waals surface area contributed by atoms with Crippen LogP contribution in [0.3, 0.4) is 0 Å². The summed E-state index contributed by atoms with van der Waals surface area (Å²) in [5.74, 6) is -1.06. The Balaban J connectivity index is 1.23. The molecule has 5 nitrogen and oxygen atoms in total. The Morgan fingerprint density at radius 3 is 2.65 bits per heavy atom. The second kappa shape index (κ2) is 8.10. The van der Waals surface area contributed by atoms with Crippen LogP contribution in [0.2, 0.25) is 0 Å². The molecule has 0 bridgehead atoms. The third-order valence-corrected chi connectivity index (χ3v) is 6.59. The molecule has 1 saturated heterocycles. The van der Waals surface area contributed by atoms with Crippen LogP contribution in [0, 0.1) is 5.82 Å². The molecule has 5 rings (SSSR count). The van der Waals surface area contributed by atoms with Crippen LogP contribution in [-0.4, -0.2) is 34.8 Å². The first-order valence-corrected chi connectivity index (χ1v) is 10.8. The molecule has 2 aromatic carbocycles. The summed E-state index contributed by atoms with van der Waals surface area (Å²) in [5.41, 5.74) is 4.18. The lowest BCUT2D eigenvalue weighted by Gasteiger charge is -2.32. The lowest BCUT2D eigenvalue weighted by atomic mass is 9.87. The number of nitrogens with one attached hydrogen (secondary N) is 1. The zero-order valence-electron chi connectivity index (χ0n) is 17.2. The van der Waals surface area contributed by atoms with Crippen LogP contribution < -0.4 is 5.32 Å². The number of carbonyl (C=O) groups excluding carboxylic acids is 2. The van der Waals surface area contributed by atoms with Gasteiger partial charge in [-0.2, -0.15) is 0 Å². The first kappa shape index (κ1) is 19.7. The highest BCUT2D eigenvalue weighted by Gasteiger charge is 2.31. The fourth-order valence-electron chi connectivity index (χ4n) is 4.96. The molecule has 1 fully saturated rings. The molecule has 31 heavy (non-hydrogen) atoms. The molecule has 6 heteroatoms. The van der Waals surface area contributed by atoms with Crippen molar-refractivity contribution < 1.29 is 14.0 Å². The predicted octanol–water partition coefficient (Wildman–Crippen LogP) is 3.88. The molecule has 1 aromatic heterocycles. The number of hydrogen-bond acceptors (Lipinski definition) is 3. The molecule has 0 unspecified atom stereocenters. The fourth-order valence-corrected chi connectivity index (χ4v) is 4.96. The van der Waals surface area contributed by atoms with Gasteiger partial charge in [0.1, 0.15) is 5.82 Å². The van der Waals surface area contributed by atoms with Crippen molar-refractivity contribution in [3.8, 4) is 0 Å². The predicted molar refractivity (Wildman–Crippen MR) is 116 cm³/mol. The largest absolute Gasteiger partial charge is 0.341 e. The minimum absolute atomic E-state index is 0.0942. The Bertz CT molecular complexity index is 1150. The number of piperidine rings is 1. The van der Waals surface area contributed by atoms with Crippen molar-refractivity contribution in [1.82, 2.24) is 15.2 Å². The minimum Gasteiger partial charge on any atom is -0.341 e. The summed E-state index contributed by atoms with van der Waals surface area (Å²) in [7, 11) is 0. The standard InChI is InChI=1S/C25H24FN3O2/c26-18-6-8-22-21(15-18)19(9-12-27-22)17-10-13-29(14-11-17)25(31)24(30)28-23-7-5-16-3-1-2-4-20(16)23/h1-4,6,8-9,12,15,17,23H,5,7,10-11,13-14H2,(H,28,30)/t23-/m0/s1. The maximum Gasteiger partial charge on any atom is 0.311 e.